The Morgan fingerprint density at radius 1 is 0.833 bits per heavy atom. The van der Waals surface area contributed by atoms with Gasteiger partial charge in [0.1, 0.15) is 0 Å². The van der Waals surface area contributed by atoms with E-state index in [-0.39, 0.29) is 0 Å². The van der Waals surface area contributed by atoms with Crippen LogP contribution in [-0.4, -0.2) is 23.5 Å². The van der Waals surface area contributed by atoms with Crippen LogP contribution in [0.3, 0.4) is 0 Å². The van der Waals surface area contributed by atoms with Crippen LogP contribution < -0.4 is 0 Å². The lowest BCUT2D eigenvalue weighted by Gasteiger charge is -2.60. The van der Waals surface area contributed by atoms with Gasteiger partial charge in [-0.05, 0) is 82.2 Å². The van der Waals surface area contributed by atoms with E-state index in [9.17, 15) is 0 Å². The molecule has 5 rings (SSSR count). The van der Waals surface area contributed by atoms with Crippen molar-refractivity contribution in [2.24, 2.45) is 17.8 Å². The maximum Gasteiger partial charge on any atom is 0.0217 e. The molecule has 5 fully saturated rings. The average molecular weight is 249 g/mol. The predicted molar refractivity (Wildman–Crippen MR) is 77.7 cm³/mol. The molecular formula is C17H31N. The molecule has 1 heterocycles. The summed E-state index contributed by atoms with van der Waals surface area (Å²) in [7, 11) is 0. The van der Waals surface area contributed by atoms with Crippen LogP contribution in [0.25, 0.3) is 0 Å². The Kier molecular flexibility index (Phi) is 3.71. The van der Waals surface area contributed by atoms with Crippen molar-refractivity contribution in [2.75, 3.05) is 13.1 Å². The van der Waals surface area contributed by atoms with Crippen molar-refractivity contribution in [3.8, 4) is 0 Å². The van der Waals surface area contributed by atoms with Gasteiger partial charge in [0.25, 0.3) is 0 Å². The molecule has 0 unspecified atom stereocenters. The molecule has 1 heteroatoms. The molecule has 0 aromatic heterocycles. The van der Waals surface area contributed by atoms with Crippen LogP contribution in [0.4, 0.5) is 0 Å². The van der Waals surface area contributed by atoms with Gasteiger partial charge >= 0.3 is 0 Å². The molecule has 1 aliphatic heterocycles. The molecule has 104 valence electrons. The molecular weight excluding hydrogens is 218 g/mol. The fourth-order valence-corrected chi connectivity index (χ4v) is 5.64. The molecule has 4 aliphatic carbocycles. The second-order valence-corrected chi connectivity index (χ2v) is 7.54. The van der Waals surface area contributed by atoms with E-state index < -0.39 is 0 Å². The Bertz CT molecular complexity index is 242. The topological polar surface area (TPSA) is 3.24 Å². The summed E-state index contributed by atoms with van der Waals surface area (Å²) >= 11 is 0. The molecule has 1 saturated heterocycles. The minimum Gasteiger partial charge on any atom is -0.298 e. The van der Waals surface area contributed by atoms with Crippen LogP contribution >= 0.6 is 0 Å². The van der Waals surface area contributed by atoms with Gasteiger partial charge in [-0.3, -0.25) is 4.90 Å². The molecule has 0 amide bonds. The van der Waals surface area contributed by atoms with Gasteiger partial charge in [-0.2, -0.15) is 0 Å². The standard InChI is InChI=1S/C14H23N.C3H8/c1-2-4-15(3-1)14-8-11-5-12(9-14)7-13(6-11)10-14;1-3-2/h11-13H,1-10H2;3H2,1-2H3. The number of nitrogens with zero attached hydrogens (tertiary/aromatic N) is 1. The fourth-order valence-electron chi connectivity index (χ4n) is 5.64. The van der Waals surface area contributed by atoms with E-state index >= 15 is 0 Å². The third-order valence-corrected chi connectivity index (χ3v) is 5.78. The van der Waals surface area contributed by atoms with Crippen molar-refractivity contribution in [3.05, 3.63) is 0 Å². The lowest BCUT2D eigenvalue weighted by molar-refractivity contribution is -0.0801. The van der Waals surface area contributed by atoms with E-state index in [0.29, 0.717) is 5.54 Å². The first-order chi connectivity index (χ1) is 8.75. The minimum atomic E-state index is 0.714. The monoisotopic (exact) mass is 249 g/mol. The second-order valence-electron chi connectivity index (χ2n) is 7.54. The average Bonchev–Trinajstić information content (AvgIpc) is 2.81. The van der Waals surface area contributed by atoms with Gasteiger partial charge in [-0.15, -0.1) is 0 Å². The zero-order chi connectivity index (χ0) is 12.6. The van der Waals surface area contributed by atoms with Gasteiger partial charge in [-0.1, -0.05) is 20.3 Å². The van der Waals surface area contributed by atoms with Crippen LogP contribution in [0.15, 0.2) is 0 Å². The molecule has 5 aliphatic rings. The number of rotatable bonds is 1. The summed E-state index contributed by atoms with van der Waals surface area (Å²) < 4.78 is 0. The molecule has 1 nitrogen and oxygen atoms in total. The third-order valence-electron chi connectivity index (χ3n) is 5.78. The predicted octanol–water partition coefficient (Wildman–Crippen LogP) is 4.47. The van der Waals surface area contributed by atoms with Crippen LogP contribution in [0.2, 0.25) is 0 Å². The van der Waals surface area contributed by atoms with Crippen molar-refractivity contribution in [1.82, 2.24) is 4.90 Å². The zero-order valence-corrected chi connectivity index (χ0v) is 12.5. The quantitative estimate of drug-likeness (QED) is 0.663. The highest BCUT2D eigenvalue weighted by Crippen LogP contribution is 2.58. The van der Waals surface area contributed by atoms with Crippen LogP contribution in [-0.2, 0) is 0 Å². The first kappa shape index (κ1) is 13.0. The summed E-state index contributed by atoms with van der Waals surface area (Å²) in [5, 5.41) is 0. The van der Waals surface area contributed by atoms with E-state index in [1.54, 1.807) is 38.5 Å². The SMILES string of the molecule is C1CCN(C23CC4CC(CC(C4)C2)C3)C1.CCC. The van der Waals surface area contributed by atoms with E-state index in [1.807, 2.05) is 0 Å². The van der Waals surface area contributed by atoms with E-state index in [2.05, 4.69) is 18.7 Å². The molecule has 0 atom stereocenters. The largest absolute Gasteiger partial charge is 0.298 e. The maximum atomic E-state index is 2.90. The molecule has 0 spiro atoms. The Balaban J connectivity index is 0.000000307. The molecule has 0 aromatic rings. The van der Waals surface area contributed by atoms with E-state index in [0.717, 1.165) is 17.8 Å². The van der Waals surface area contributed by atoms with Crippen molar-refractivity contribution < 1.29 is 0 Å². The highest BCUT2D eigenvalue weighted by Gasteiger charge is 2.53. The van der Waals surface area contributed by atoms with E-state index in [1.165, 1.54) is 32.4 Å². The van der Waals surface area contributed by atoms with Crippen LogP contribution in [0.5, 0.6) is 0 Å². The fraction of sp³-hybridized carbons (Fsp3) is 1.00. The van der Waals surface area contributed by atoms with Gasteiger partial charge in [0.15, 0.2) is 0 Å². The van der Waals surface area contributed by atoms with E-state index in [4.69, 9.17) is 0 Å². The van der Waals surface area contributed by atoms with Gasteiger partial charge in [0.2, 0.25) is 0 Å². The Morgan fingerprint density at radius 3 is 1.61 bits per heavy atom. The van der Waals surface area contributed by atoms with Crippen molar-refractivity contribution >= 4 is 0 Å². The molecule has 18 heavy (non-hydrogen) atoms. The first-order valence-corrected chi connectivity index (χ1v) is 8.51. The van der Waals surface area contributed by atoms with Crippen LogP contribution in [0, 0.1) is 17.8 Å². The lowest BCUT2D eigenvalue weighted by Crippen LogP contribution is -2.59. The molecule has 4 bridgehead atoms. The Morgan fingerprint density at radius 2 is 1.22 bits per heavy atom. The van der Waals surface area contributed by atoms with Gasteiger partial charge in [0, 0.05) is 5.54 Å². The summed E-state index contributed by atoms with van der Waals surface area (Å²) in [6.07, 6.45) is 13.7. The summed E-state index contributed by atoms with van der Waals surface area (Å²) in [4.78, 5) is 2.90. The third kappa shape index (κ3) is 2.24. The second kappa shape index (κ2) is 5.15. The maximum absolute atomic E-state index is 2.90. The summed E-state index contributed by atoms with van der Waals surface area (Å²) in [6.45, 7) is 7.10. The van der Waals surface area contributed by atoms with Crippen molar-refractivity contribution in [1.29, 1.82) is 0 Å². The number of hydrogen-bond donors (Lipinski definition) is 0. The Labute approximate surface area is 113 Å². The highest BCUT2D eigenvalue weighted by molar-refractivity contribution is 5.07. The van der Waals surface area contributed by atoms with Gasteiger partial charge in [0.05, 0.1) is 0 Å². The summed E-state index contributed by atoms with van der Waals surface area (Å²) in [6, 6.07) is 0. The van der Waals surface area contributed by atoms with Gasteiger partial charge < -0.3 is 0 Å². The van der Waals surface area contributed by atoms with Crippen molar-refractivity contribution in [3.63, 3.8) is 0 Å². The molecule has 0 aromatic carbocycles. The first-order valence-electron chi connectivity index (χ1n) is 8.51. The summed E-state index contributed by atoms with van der Waals surface area (Å²) in [5.41, 5.74) is 0.714. The molecule has 4 saturated carbocycles. The van der Waals surface area contributed by atoms with Gasteiger partial charge in [-0.25, -0.2) is 0 Å². The molecule has 0 N–H and O–H groups in total. The van der Waals surface area contributed by atoms with Crippen molar-refractivity contribution in [2.45, 2.75) is 77.2 Å². The number of likely N-dealkylation sites (tertiary alicyclic amines) is 1. The van der Waals surface area contributed by atoms with Crippen LogP contribution in [0.1, 0.15) is 71.6 Å². The molecule has 0 radical (unpaired) electrons. The smallest absolute Gasteiger partial charge is 0.0217 e. The zero-order valence-electron chi connectivity index (χ0n) is 12.5. The summed E-state index contributed by atoms with van der Waals surface area (Å²) in [5.74, 6) is 3.37. The minimum absolute atomic E-state index is 0.714. The normalized spacial score (nSPS) is 46.0. The highest BCUT2D eigenvalue weighted by atomic mass is 15.2. The number of hydrogen-bond acceptors (Lipinski definition) is 1. The lowest BCUT2D eigenvalue weighted by atomic mass is 9.52. The Hall–Kier alpha value is -0.0400.